The van der Waals surface area contributed by atoms with Gasteiger partial charge >= 0.3 is 0 Å². The van der Waals surface area contributed by atoms with E-state index in [1.54, 1.807) is 0 Å². The summed E-state index contributed by atoms with van der Waals surface area (Å²) in [6.45, 7) is 0.276. The number of rotatable bonds is 2. The van der Waals surface area contributed by atoms with Crippen LogP contribution in [0.5, 0.6) is 0 Å². The van der Waals surface area contributed by atoms with E-state index < -0.39 is 6.10 Å². The smallest absolute Gasteiger partial charge is 0.0912 e. The Morgan fingerprint density at radius 3 is 2.94 bits per heavy atom. The van der Waals surface area contributed by atoms with E-state index in [-0.39, 0.29) is 6.54 Å². The van der Waals surface area contributed by atoms with Crippen molar-refractivity contribution in [2.24, 2.45) is 5.73 Å². The minimum Gasteiger partial charge on any atom is -0.387 e. The topological polar surface area (TPSA) is 62.0 Å². The number of nitrogens with one attached hydrogen (secondary N) is 1. The van der Waals surface area contributed by atoms with Gasteiger partial charge in [0, 0.05) is 23.1 Å². The standard InChI is InChI=1S/C14H18N2O/c15-8-14(17)9-5-6-13-11(7-9)10-3-1-2-4-12(10)16-13/h5-7,14,16-17H,1-4,8,15H2. The number of nitrogens with two attached hydrogens (primary N) is 1. The van der Waals surface area contributed by atoms with Gasteiger partial charge in [0.15, 0.2) is 0 Å². The van der Waals surface area contributed by atoms with Gasteiger partial charge in [-0.15, -0.1) is 0 Å². The van der Waals surface area contributed by atoms with Crippen LogP contribution in [-0.4, -0.2) is 16.6 Å². The monoisotopic (exact) mass is 230 g/mol. The summed E-state index contributed by atoms with van der Waals surface area (Å²) in [6, 6.07) is 6.11. The second kappa shape index (κ2) is 4.17. The Balaban J connectivity index is 2.14. The molecule has 0 fully saturated rings. The van der Waals surface area contributed by atoms with Gasteiger partial charge in [-0.25, -0.2) is 0 Å². The number of H-pyrrole nitrogens is 1. The van der Waals surface area contributed by atoms with Gasteiger partial charge in [-0.05, 0) is 48.9 Å². The lowest BCUT2D eigenvalue weighted by Gasteiger charge is -2.11. The summed E-state index contributed by atoms with van der Waals surface area (Å²) in [5, 5.41) is 11.1. The first-order chi connectivity index (χ1) is 8.29. The van der Waals surface area contributed by atoms with Gasteiger partial charge in [-0.3, -0.25) is 0 Å². The van der Waals surface area contributed by atoms with Crippen molar-refractivity contribution in [3.8, 4) is 0 Å². The van der Waals surface area contributed by atoms with Crippen molar-refractivity contribution < 1.29 is 5.11 Å². The van der Waals surface area contributed by atoms with Crippen LogP contribution < -0.4 is 5.73 Å². The molecule has 0 amide bonds. The predicted molar refractivity (Wildman–Crippen MR) is 69.0 cm³/mol. The Kier molecular flexibility index (Phi) is 2.65. The van der Waals surface area contributed by atoms with Crippen molar-refractivity contribution in [3.05, 3.63) is 35.0 Å². The van der Waals surface area contributed by atoms with Gasteiger partial charge in [0.05, 0.1) is 6.10 Å². The Morgan fingerprint density at radius 2 is 2.12 bits per heavy atom. The molecule has 1 atom stereocenters. The molecule has 1 aliphatic carbocycles. The molecule has 90 valence electrons. The number of hydrogen-bond donors (Lipinski definition) is 3. The predicted octanol–water partition coefficient (Wildman–Crippen LogP) is 2.04. The molecule has 0 bridgehead atoms. The Bertz CT molecular complexity index is 544. The van der Waals surface area contributed by atoms with Crippen LogP contribution in [0.3, 0.4) is 0 Å². The third-order valence-corrected chi connectivity index (χ3v) is 3.73. The molecule has 1 aromatic heterocycles. The van der Waals surface area contributed by atoms with Crippen molar-refractivity contribution in [1.29, 1.82) is 0 Å². The molecule has 2 aromatic rings. The highest BCUT2D eigenvalue weighted by atomic mass is 16.3. The van der Waals surface area contributed by atoms with Gasteiger partial charge in [0.1, 0.15) is 0 Å². The zero-order chi connectivity index (χ0) is 11.8. The fourth-order valence-corrected chi connectivity index (χ4v) is 2.77. The van der Waals surface area contributed by atoms with Gasteiger partial charge in [-0.1, -0.05) is 6.07 Å². The van der Waals surface area contributed by atoms with E-state index in [1.807, 2.05) is 6.07 Å². The third-order valence-electron chi connectivity index (χ3n) is 3.73. The molecule has 0 aliphatic heterocycles. The first kappa shape index (κ1) is 10.8. The number of benzene rings is 1. The maximum atomic E-state index is 9.80. The second-order valence-electron chi connectivity index (χ2n) is 4.85. The molecular weight excluding hydrogens is 212 g/mol. The maximum absolute atomic E-state index is 9.80. The number of aliphatic hydroxyl groups is 1. The highest BCUT2D eigenvalue weighted by molar-refractivity contribution is 5.85. The van der Waals surface area contributed by atoms with E-state index >= 15 is 0 Å². The average Bonchev–Trinajstić information content (AvgIpc) is 2.75. The zero-order valence-electron chi connectivity index (χ0n) is 9.87. The molecule has 1 heterocycles. The van der Waals surface area contributed by atoms with Crippen molar-refractivity contribution in [3.63, 3.8) is 0 Å². The highest BCUT2D eigenvalue weighted by Gasteiger charge is 2.16. The maximum Gasteiger partial charge on any atom is 0.0912 e. The molecule has 3 rings (SSSR count). The molecule has 0 saturated heterocycles. The van der Waals surface area contributed by atoms with Crippen LogP contribution in [0.2, 0.25) is 0 Å². The van der Waals surface area contributed by atoms with Crippen LogP contribution in [0.25, 0.3) is 10.9 Å². The lowest BCUT2D eigenvalue weighted by molar-refractivity contribution is 0.187. The largest absolute Gasteiger partial charge is 0.387 e. The van der Waals surface area contributed by atoms with Crippen molar-refractivity contribution >= 4 is 10.9 Å². The molecule has 0 saturated carbocycles. The number of aromatic amines is 1. The van der Waals surface area contributed by atoms with E-state index in [1.165, 1.54) is 35.0 Å². The molecule has 4 N–H and O–H groups in total. The van der Waals surface area contributed by atoms with Crippen LogP contribution >= 0.6 is 0 Å². The fourth-order valence-electron chi connectivity index (χ4n) is 2.77. The van der Waals surface area contributed by atoms with E-state index in [0.29, 0.717) is 0 Å². The summed E-state index contributed by atoms with van der Waals surface area (Å²) in [4.78, 5) is 3.49. The fraction of sp³-hybridized carbons (Fsp3) is 0.429. The van der Waals surface area contributed by atoms with E-state index in [0.717, 1.165) is 18.4 Å². The molecule has 1 aliphatic rings. The summed E-state index contributed by atoms with van der Waals surface area (Å²) >= 11 is 0. The summed E-state index contributed by atoms with van der Waals surface area (Å²) < 4.78 is 0. The molecular formula is C14H18N2O. The Hall–Kier alpha value is -1.32. The lowest BCUT2D eigenvalue weighted by atomic mass is 9.94. The van der Waals surface area contributed by atoms with Crippen LogP contribution in [0.4, 0.5) is 0 Å². The molecule has 0 spiro atoms. The van der Waals surface area contributed by atoms with Crippen LogP contribution in [0, 0.1) is 0 Å². The van der Waals surface area contributed by atoms with Gasteiger partial charge in [0.25, 0.3) is 0 Å². The number of hydrogen-bond acceptors (Lipinski definition) is 2. The van der Waals surface area contributed by atoms with Crippen molar-refractivity contribution in [1.82, 2.24) is 4.98 Å². The number of aromatic nitrogens is 1. The van der Waals surface area contributed by atoms with Crippen molar-refractivity contribution in [2.45, 2.75) is 31.8 Å². The zero-order valence-corrected chi connectivity index (χ0v) is 9.87. The van der Waals surface area contributed by atoms with Crippen molar-refractivity contribution in [2.75, 3.05) is 6.54 Å². The molecule has 17 heavy (non-hydrogen) atoms. The molecule has 3 nitrogen and oxygen atoms in total. The normalized spacial score (nSPS) is 17.1. The first-order valence-electron chi connectivity index (χ1n) is 6.31. The minimum atomic E-state index is -0.548. The molecule has 0 radical (unpaired) electrons. The summed E-state index contributed by atoms with van der Waals surface area (Å²) in [6.07, 6.45) is 4.30. The average molecular weight is 230 g/mol. The highest BCUT2D eigenvalue weighted by Crippen LogP contribution is 2.30. The van der Waals surface area contributed by atoms with E-state index in [2.05, 4.69) is 17.1 Å². The lowest BCUT2D eigenvalue weighted by Crippen LogP contribution is -2.11. The second-order valence-corrected chi connectivity index (χ2v) is 4.85. The van der Waals surface area contributed by atoms with Crippen LogP contribution in [-0.2, 0) is 12.8 Å². The van der Waals surface area contributed by atoms with Gasteiger partial charge < -0.3 is 15.8 Å². The molecule has 1 unspecified atom stereocenters. The van der Waals surface area contributed by atoms with E-state index in [4.69, 9.17) is 5.73 Å². The summed E-state index contributed by atoms with van der Waals surface area (Å²) in [5.41, 5.74) is 10.4. The Labute approximate surface area is 101 Å². The van der Waals surface area contributed by atoms with E-state index in [9.17, 15) is 5.11 Å². The van der Waals surface area contributed by atoms with Gasteiger partial charge in [0.2, 0.25) is 0 Å². The SMILES string of the molecule is NCC(O)c1ccc2[nH]c3c(c2c1)CCCC3. The summed E-state index contributed by atoms with van der Waals surface area (Å²) in [5.74, 6) is 0. The minimum absolute atomic E-state index is 0.276. The van der Waals surface area contributed by atoms with Gasteiger partial charge in [-0.2, -0.15) is 0 Å². The number of aliphatic hydroxyl groups excluding tert-OH is 1. The molecule has 1 aromatic carbocycles. The summed E-state index contributed by atoms with van der Waals surface area (Å²) in [7, 11) is 0. The third kappa shape index (κ3) is 1.75. The number of fused-ring (bicyclic) bond motifs is 3. The molecule has 3 heteroatoms. The quantitative estimate of drug-likeness (QED) is 0.739. The number of aryl methyl sites for hydroxylation is 2. The van der Waals surface area contributed by atoms with Crippen LogP contribution in [0.15, 0.2) is 18.2 Å². The Morgan fingerprint density at radius 1 is 1.29 bits per heavy atom. The first-order valence-corrected chi connectivity index (χ1v) is 6.31. The van der Waals surface area contributed by atoms with Crippen LogP contribution in [0.1, 0.15) is 35.8 Å².